The highest BCUT2D eigenvalue weighted by Crippen LogP contribution is 2.24. The molecule has 2 heterocycles. The van der Waals surface area contributed by atoms with Crippen LogP contribution >= 0.6 is 0 Å². The number of nitrogens with one attached hydrogen (secondary N) is 1. The summed E-state index contributed by atoms with van der Waals surface area (Å²) in [5.41, 5.74) is 6.73. The Morgan fingerprint density at radius 1 is 1.26 bits per heavy atom. The van der Waals surface area contributed by atoms with E-state index in [1.165, 1.54) is 19.6 Å². The predicted octanol–water partition coefficient (Wildman–Crippen LogP) is 2.58. The van der Waals surface area contributed by atoms with Crippen LogP contribution in [0.25, 0.3) is 11.5 Å². The molecule has 3 rings (SSSR count). The average Bonchev–Trinajstić information content (AvgIpc) is 3.10. The zero-order chi connectivity index (χ0) is 16.2. The molecule has 0 fully saturated rings. The van der Waals surface area contributed by atoms with Crippen molar-refractivity contribution in [3.63, 3.8) is 0 Å². The van der Waals surface area contributed by atoms with Crippen LogP contribution in [-0.4, -0.2) is 23.0 Å². The predicted molar refractivity (Wildman–Crippen MR) is 85.1 cm³/mol. The molecule has 0 atom stereocenters. The number of anilines is 2. The Labute approximate surface area is 132 Å². The molecule has 116 valence electrons. The molecule has 2 aromatic heterocycles. The van der Waals surface area contributed by atoms with E-state index < -0.39 is 5.91 Å². The third-order valence-corrected chi connectivity index (χ3v) is 3.14. The lowest BCUT2D eigenvalue weighted by molar-refractivity contribution is 0.102. The van der Waals surface area contributed by atoms with E-state index in [0.29, 0.717) is 22.9 Å². The van der Waals surface area contributed by atoms with Gasteiger partial charge in [0.2, 0.25) is 0 Å². The summed E-state index contributed by atoms with van der Waals surface area (Å²) in [6.07, 6.45) is 2.97. The van der Waals surface area contributed by atoms with Crippen LogP contribution in [0.5, 0.6) is 5.75 Å². The van der Waals surface area contributed by atoms with E-state index in [2.05, 4.69) is 15.3 Å². The Kier molecular flexibility index (Phi) is 3.92. The van der Waals surface area contributed by atoms with Crippen LogP contribution in [0.2, 0.25) is 0 Å². The zero-order valence-corrected chi connectivity index (χ0v) is 12.3. The standard InChI is InChI=1S/C16H14N4O3/c1-22-12-6-3-2-5-10(12)20-16(21)14-15(17)18-9-11(19-14)13-7-4-8-23-13/h2-9H,1H3,(H2,17,18)(H,20,21). The number of nitrogens with two attached hydrogens (primary N) is 1. The SMILES string of the molecule is COc1ccccc1NC(=O)c1nc(-c2ccco2)cnc1N. The summed E-state index contributed by atoms with van der Waals surface area (Å²) < 4.78 is 10.5. The van der Waals surface area contributed by atoms with Crippen molar-refractivity contribution in [2.45, 2.75) is 0 Å². The van der Waals surface area contributed by atoms with Gasteiger partial charge in [-0.3, -0.25) is 4.79 Å². The highest BCUT2D eigenvalue weighted by molar-refractivity contribution is 6.06. The second-order valence-electron chi connectivity index (χ2n) is 4.62. The quantitative estimate of drug-likeness (QED) is 0.767. The van der Waals surface area contributed by atoms with E-state index in [4.69, 9.17) is 14.9 Å². The summed E-state index contributed by atoms with van der Waals surface area (Å²) in [7, 11) is 1.52. The summed E-state index contributed by atoms with van der Waals surface area (Å²) in [6.45, 7) is 0. The Hall–Kier alpha value is -3.35. The van der Waals surface area contributed by atoms with Crippen LogP contribution in [0.3, 0.4) is 0 Å². The number of benzene rings is 1. The molecule has 7 nitrogen and oxygen atoms in total. The van der Waals surface area contributed by atoms with Crippen LogP contribution in [0.15, 0.2) is 53.3 Å². The molecule has 0 spiro atoms. The third kappa shape index (κ3) is 2.98. The van der Waals surface area contributed by atoms with Crippen molar-refractivity contribution in [1.29, 1.82) is 0 Å². The second kappa shape index (κ2) is 6.18. The number of hydrogen-bond donors (Lipinski definition) is 2. The van der Waals surface area contributed by atoms with Crippen molar-refractivity contribution in [3.8, 4) is 17.2 Å². The van der Waals surface area contributed by atoms with E-state index >= 15 is 0 Å². The third-order valence-electron chi connectivity index (χ3n) is 3.14. The minimum Gasteiger partial charge on any atom is -0.495 e. The number of ether oxygens (including phenoxy) is 1. The number of carbonyl (C=O) groups is 1. The normalized spacial score (nSPS) is 10.3. The lowest BCUT2D eigenvalue weighted by atomic mass is 10.2. The molecule has 0 saturated heterocycles. The van der Waals surface area contributed by atoms with E-state index in [0.717, 1.165) is 0 Å². The van der Waals surface area contributed by atoms with E-state index in [1.807, 2.05) is 0 Å². The topological polar surface area (TPSA) is 103 Å². The molecule has 7 heteroatoms. The molecule has 23 heavy (non-hydrogen) atoms. The van der Waals surface area contributed by atoms with Crippen molar-refractivity contribution in [2.24, 2.45) is 0 Å². The second-order valence-corrected chi connectivity index (χ2v) is 4.62. The van der Waals surface area contributed by atoms with Gasteiger partial charge in [-0.05, 0) is 24.3 Å². The van der Waals surface area contributed by atoms with Crippen molar-refractivity contribution >= 4 is 17.4 Å². The van der Waals surface area contributed by atoms with Gasteiger partial charge >= 0.3 is 0 Å². The molecule has 3 N–H and O–H groups in total. The van der Waals surface area contributed by atoms with Gasteiger partial charge in [-0.15, -0.1) is 0 Å². The lowest BCUT2D eigenvalue weighted by Gasteiger charge is -2.10. The first-order valence-corrected chi connectivity index (χ1v) is 6.80. The van der Waals surface area contributed by atoms with Gasteiger partial charge in [0.05, 0.1) is 25.3 Å². The van der Waals surface area contributed by atoms with Crippen LogP contribution in [0, 0.1) is 0 Å². The maximum atomic E-state index is 12.4. The summed E-state index contributed by atoms with van der Waals surface area (Å²) in [4.78, 5) is 20.7. The summed E-state index contributed by atoms with van der Waals surface area (Å²) in [5.74, 6) is 0.596. The number of carbonyl (C=O) groups excluding carboxylic acids is 1. The summed E-state index contributed by atoms with van der Waals surface area (Å²) >= 11 is 0. The van der Waals surface area contributed by atoms with Crippen molar-refractivity contribution in [2.75, 3.05) is 18.2 Å². The molecule has 0 bridgehead atoms. The number of nitrogen functional groups attached to an aromatic ring is 1. The highest BCUT2D eigenvalue weighted by atomic mass is 16.5. The smallest absolute Gasteiger partial charge is 0.278 e. The van der Waals surface area contributed by atoms with E-state index in [1.54, 1.807) is 36.4 Å². The molecule has 1 amide bonds. The minimum absolute atomic E-state index is 0.0183. The Balaban J connectivity index is 1.91. The number of hydrogen-bond acceptors (Lipinski definition) is 6. The van der Waals surface area contributed by atoms with Gasteiger partial charge in [-0.2, -0.15) is 0 Å². The number of furan rings is 1. The van der Waals surface area contributed by atoms with Crippen LogP contribution in [0.4, 0.5) is 11.5 Å². The van der Waals surface area contributed by atoms with Crippen LogP contribution in [-0.2, 0) is 0 Å². The molecule has 0 aliphatic heterocycles. The van der Waals surface area contributed by atoms with Gasteiger partial charge in [0, 0.05) is 0 Å². The molecule has 0 radical (unpaired) electrons. The van der Waals surface area contributed by atoms with E-state index in [9.17, 15) is 4.79 Å². The first-order chi connectivity index (χ1) is 11.2. The van der Waals surface area contributed by atoms with Crippen molar-refractivity contribution in [3.05, 3.63) is 54.6 Å². The highest BCUT2D eigenvalue weighted by Gasteiger charge is 2.17. The monoisotopic (exact) mass is 310 g/mol. The molecule has 0 aliphatic carbocycles. The fourth-order valence-electron chi connectivity index (χ4n) is 2.04. The lowest BCUT2D eigenvalue weighted by Crippen LogP contribution is -2.17. The van der Waals surface area contributed by atoms with Crippen molar-refractivity contribution in [1.82, 2.24) is 9.97 Å². The largest absolute Gasteiger partial charge is 0.495 e. The first kappa shape index (κ1) is 14.6. The number of methoxy groups -OCH3 is 1. The Morgan fingerprint density at radius 3 is 2.83 bits per heavy atom. The van der Waals surface area contributed by atoms with Gasteiger partial charge < -0.3 is 20.2 Å². The van der Waals surface area contributed by atoms with Gasteiger partial charge in [-0.25, -0.2) is 9.97 Å². The number of aromatic nitrogens is 2. The van der Waals surface area contributed by atoms with Gasteiger partial charge in [0.1, 0.15) is 11.4 Å². The molecule has 0 saturated carbocycles. The Bertz CT molecular complexity index is 831. The number of para-hydroxylation sites is 2. The number of rotatable bonds is 4. The van der Waals surface area contributed by atoms with E-state index in [-0.39, 0.29) is 11.5 Å². The molecular formula is C16H14N4O3. The molecular weight excluding hydrogens is 296 g/mol. The van der Waals surface area contributed by atoms with Gasteiger partial charge in [0.25, 0.3) is 5.91 Å². The average molecular weight is 310 g/mol. The fraction of sp³-hybridized carbons (Fsp3) is 0.0625. The number of nitrogens with zero attached hydrogens (tertiary/aromatic N) is 2. The van der Waals surface area contributed by atoms with Gasteiger partial charge in [-0.1, -0.05) is 12.1 Å². The molecule has 3 aromatic rings. The molecule has 0 aliphatic rings. The van der Waals surface area contributed by atoms with Crippen LogP contribution in [0.1, 0.15) is 10.5 Å². The summed E-state index contributed by atoms with van der Waals surface area (Å²) in [5, 5.41) is 2.71. The summed E-state index contributed by atoms with van der Waals surface area (Å²) in [6, 6.07) is 10.5. The molecule has 0 unspecified atom stereocenters. The first-order valence-electron chi connectivity index (χ1n) is 6.80. The number of amides is 1. The Morgan fingerprint density at radius 2 is 2.09 bits per heavy atom. The zero-order valence-electron chi connectivity index (χ0n) is 12.3. The van der Waals surface area contributed by atoms with Crippen LogP contribution < -0.4 is 15.8 Å². The minimum atomic E-state index is -0.479. The van der Waals surface area contributed by atoms with Crippen molar-refractivity contribution < 1.29 is 13.9 Å². The molecule has 1 aromatic carbocycles. The van der Waals surface area contributed by atoms with Gasteiger partial charge in [0.15, 0.2) is 17.3 Å². The fourth-order valence-corrected chi connectivity index (χ4v) is 2.04. The maximum Gasteiger partial charge on any atom is 0.278 e. The maximum absolute atomic E-state index is 12.4.